The summed E-state index contributed by atoms with van der Waals surface area (Å²) in [5.41, 5.74) is 6.34. The van der Waals surface area contributed by atoms with Gasteiger partial charge in [0.15, 0.2) is 0 Å². The first kappa shape index (κ1) is 37.7. The number of benzene rings is 3. The topological polar surface area (TPSA) is 151 Å². The number of nitrogens with zero attached hydrogens (tertiary/aromatic N) is 1. The molecule has 3 aliphatic rings. The highest BCUT2D eigenvalue weighted by molar-refractivity contribution is 5.72. The normalized spacial score (nSPS) is 22.0. The molecule has 6 N–H and O–H groups in total. The third kappa shape index (κ3) is 10.3. The summed E-state index contributed by atoms with van der Waals surface area (Å²) in [5.74, 6) is -3.18. The van der Waals surface area contributed by atoms with E-state index in [1.54, 1.807) is 0 Å². The maximum atomic E-state index is 12.3. The van der Waals surface area contributed by atoms with Crippen molar-refractivity contribution in [2.75, 3.05) is 39.3 Å². The summed E-state index contributed by atoms with van der Waals surface area (Å²) in [6, 6.07) is 24.8. The molecule has 0 radical (unpaired) electrons. The zero-order valence-corrected chi connectivity index (χ0v) is 30.0. The third-order valence-electron chi connectivity index (χ3n) is 11.5. The standard InChI is InChI=1S/C42H54N4O6/c47-40(48)37(34-10-13-43-22-34)19-28-4-1-7-31(16-28)25-46(26-32-8-2-5-29(17-32)20-38(41(49)50)35-11-14-44-23-35)27-33-9-3-6-30(18-33)21-39(42(51)52)36-12-15-45-24-36/h1-9,16-18,34-39,43-45H,10-15,19-27H2,(H,47,48)(H,49,50)(H,51,52)/t34-,35-,36-,37-,38-,39-/m0/s1. The zero-order valence-electron chi connectivity index (χ0n) is 30.0. The van der Waals surface area contributed by atoms with Crippen LogP contribution in [0.5, 0.6) is 0 Å². The Morgan fingerprint density at radius 2 is 0.808 bits per heavy atom. The molecule has 3 aromatic carbocycles. The molecule has 3 saturated heterocycles. The number of hydrogen-bond donors (Lipinski definition) is 6. The highest BCUT2D eigenvalue weighted by Crippen LogP contribution is 2.28. The van der Waals surface area contributed by atoms with Gasteiger partial charge in [0.1, 0.15) is 0 Å². The Morgan fingerprint density at radius 1 is 0.519 bits per heavy atom. The van der Waals surface area contributed by atoms with Crippen LogP contribution in [0.25, 0.3) is 0 Å². The Kier molecular flexibility index (Phi) is 13.1. The number of rotatable bonds is 18. The summed E-state index contributed by atoms with van der Waals surface area (Å²) in [5, 5.41) is 40.1. The fourth-order valence-electron chi connectivity index (χ4n) is 8.70. The number of nitrogens with one attached hydrogen (secondary N) is 3. The second kappa shape index (κ2) is 18.1. The van der Waals surface area contributed by atoms with E-state index in [9.17, 15) is 29.7 Å². The Bertz CT molecular complexity index is 1470. The van der Waals surface area contributed by atoms with Crippen molar-refractivity contribution in [2.24, 2.45) is 35.5 Å². The van der Waals surface area contributed by atoms with Crippen LogP contribution in [0, 0.1) is 35.5 Å². The molecule has 3 aromatic rings. The Morgan fingerprint density at radius 3 is 1.06 bits per heavy atom. The van der Waals surface area contributed by atoms with Gasteiger partial charge in [-0.1, -0.05) is 72.8 Å². The molecule has 10 nitrogen and oxygen atoms in total. The lowest BCUT2D eigenvalue weighted by Crippen LogP contribution is -2.28. The maximum absolute atomic E-state index is 12.3. The molecule has 3 heterocycles. The molecule has 6 atom stereocenters. The van der Waals surface area contributed by atoms with Crippen LogP contribution < -0.4 is 16.0 Å². The fraction of sp³-hybridized carbons (Fsp3) is 0.500. The van der Waals surface area contributed by atoms with Gasteiger partial charge >= 0.3 is 17.9 Å². The van der Waals surface area contributed by atoms with Crippen molar-refractivity contribution in [1.82, 2.24) is 20.9 Å². The van der Waals surface area contributed by atoms with Gasteiger partial charge in [-0.15, -0.1) is 0 Å². The van der Waals surface area contributed by atoms with Crippen molar-refractivity contribution in [3.05, 3.63) is 106 Å². The average Bonchev–Trinajstić information content (AvgIpc) is 3.94. The van der Waals surface area contributed by atoms with Crippen LogP contribution >= 0.6 is 0 Å². The van der Waals surface area contributed by atoms with Crippen molar-refractivity contribution in [3.63, 3.8) is 0 Å². The van der Waals surface area contributed by atoms with Crippen molar-refractivity contribution in [2.45, 2.75) is 58.2 Å². The van der Waals surface area contributed by atoms with E-state index in [0.29, 0.717) is 38.9 Å². The van der Waals surface area contributed by atoms with Gasteiger partial charge in [-0.3, -0.25) is 19.3 Å². The molecule has 0 unspecified atom stereocenters. The maximum Gasteiger partial charge on any atom is 0.307 e. The van der Waals surface area contributed by atoms with Crippen molar-refractivity contribution >= 4 is 17.9 Å². The molecule has 0 saturated carbocycles. The SMILES string of the molecule is O=C(O)[C@@H](Cc1cccc(CN(Cc2cccc(C[C@H](C(=O)O)[C@H]3CCNC3)c2)Cc2cccc(C[C@H](C(=O)O)[C@H]3CCNC3)c2)c1)[C@H]1CCNC1. The van der Waals surface area contributed by atoms with Crippen LogP contribution in [-0.2, 0) is 53.3 Å². The summed E-state index contributed by atoms with van der Waals surface area (Å²) >= 11 is 0. The molecule has 0 aliphatic carbocycles. The summed E-state index contributed by atoms with van der Waals surface area (Å²) in [6.07, 6.45) is 4.08. The minimum atomic E-state index is -0.746. The van der Waals surface area contributed by atoms with E-state index in [0.717, 1.165) is 91.9 Å². The second-order valence-corrected chi connectivity index (χ2v) is 15.3. The molecular formula is C42H54N4O6. The van der Waals surface area contributed by atoms with Gasteiger partial charge in [0, 0.05) is 19.6 Å². The zero-order chi connectivity index (χ0) is 36.5. The van der Waals surface area contributed by atoms with E-state index in [4.69, 9.17) is 0 Å². The smallest absolute Gasteiger partial charge is 0.307 e. The first-order valence-corrected chi connectivity index (χ1v) is 19.0. The van der Waals surface area contributed by atoms with Gasteiger partial charge in [0.2, 0.25) is 0 Å². The summed E-state index contributed by atoms with van der Waals surface area (Å²) < 4.78 is 0. The molecule has 0 aromatic heterocycles. The monoisotopic (exact) mass is 710 g/mol. The van der Waals surface area contributed by atoms with Crippen LogP contribution in [-0.4, -0.2) is 77.4 Å². The minimum absolute atomic E-state index is 0.119. The quantitative estimate of drug-likeness (QED) is 0.112. The van der Waals surface area contributed by atoms with Crippen LogP contribution in [0.4, 0.5) is 0 Å². The third-order valence-corrected chi connectivity index (χ3v) is 11.5. The lowest BCUT2D eigenvalue weighted by atomic mass is 9.85. The summed E-state index contributed by atoms with van der Waals surface area (Å²) in [7, 11) is 0. The fourth-order valence-corrected chi connectivity index (χ4v) is 8.70. The number of aliphatic carboxylic acids is 3. The molecule has 52 heavy (non-hydrogen) atoms. The average molecular weight is 711 g/mol. The van der Waals surface area contributed by atoms with E-state index in [2.05, 4.69) is 57.2 Å². The summed E-state index contributed by atoms with van der Waals surface area (Å²) in [4.78, 5) is 39.2. The van der Waals surface area contributed by atoms with Crippen molar-refractivity contribution in [3.8, 4) is 0 Å². The lowest BCUT2D eigenvalue weighted by molar-refractivity contribution is -0.144. The molecule has 6 rings (SSSR count). The summed E-state index contributed by atoms with van der Waals surface area (Å²) in [6.45, 7) is 6.65. The van der Waals surface area contributed by atoms with E-state index in [1.165, 1.54) is 0 Å². The predicted molar refractivity (Wildman–Crippen MR) is 200 cm³/mol. The van der Waals surface area contributed by atoms with Crippen molar-refractivity contribution < 1.29 is 29.7 Å². The van der Waals surface area contributed by atoms with Gasteiger partial charge in [-0.05, 0) is 129 Å². The molecule has 3 fully saturated rings. The molecule has 0 bridgehead atoms. The van der Waals surface area contributed by atoms with E-state index in [1.807, 2.05) is 36.4 Å². The highest BCUT2D eigenvalue weighted by Gasteiger charge is 2.33. The molecule has 0 spiro atoms. The second-order valence-electron chi connectivity index (χ2n) is 15.3. The van der Waals surface area contributed by atoms with Crippen LogP contribution in [0.3, 0.4) is 0 Å². The van der Waals surface area contributed by atoms with E-state index in [-0.39, 0.29) is 17.8 Å². The first-order chi connectivity index (χ1) is 25.2. The number of carboxylic acid groups (broad SMARTS) is 3. The number of carboxylic acids is 3. The number of hydrogen-bond acceptors (Lipinski definition) is 7. The van der Waals surface area contributed by atoms with Gasteiger partial charge < -0.3 is 31.3 Å². The van der Waals surface area contributed by atoms with Gasteiger partial charge in [-0.2, -0.15) is 0 Å². The molecule has 278 valence electrons. The Balaban J connectivity index is 1.22. The Hall–Kier alpha value is -4.09. The van der Waals surface area contributed by atoms with Gasteiger partial charge in [0.25, 0.3) is 0 Å². The van der Waals surface area contributed by atoms with E-state index >= 15 is 0 Å². The molecule has 10 heteroatoms. The molecule has 0 amide bonds. The molecular weight excluding hydrogens is 656 g/mol. The minimum Gasteiger partial charge on any atom is -0.481 e. The van der Waals surface area contributed by atoms with Gasteiger partial charge in [0.05, 0.1) is 17.8 Å². The van der Waals surface area contributed by atoms with Crippen LogP contribution in [0.2, 0.25) is 0 Å². The molecule has 3 aliphatic heterocycles. The van der Waals surface area contributed by atoms with Crippen LogP contribution in [0.1, 0.15) is 52.6 Å². The Labute approximate surface area is 307 Å². The highest BCUT2D eigenvalue weighted by atomic mass is 16.4. The first-order valence-electron chi connectivity index (χ1n) is 19.0. The predicted octanol–water partition coefficient (Wildman–Crippen LogP) is 4.45. The lowest BCUT2D eigenvalue weighted by Gasteiger charge is -2.25. The van der Waals surface area contributed by atoms with Gasteiger partial charge in [-0.25, -0.2) is 0 Å². The number of carbonyl (C=O) groups is 3. The largest absolute Gasteiger partial charge is 0.481 e. The van der Waals surface area contributed by atoms with Crippen LogP contribution in [0.15, 0.2) is 72.8 Å². The van der Waals surface area contributed by atoms with Crippen molar-refractivity contribution in [1.29, 1.82) is 0 Å². The van der Waals surface area contributed by atoms with E-state index < -0.39 is 35.7 Å².